The third-order valence-electron chi connectivity index (χ3n) is 5.00. The van der Waals surface area contributed by atoms with Crippen molar-refractivity contribution in [3.05, 3.63) is 61.2 Å². The second kappa shape index (κ2) is 9.70. The molecule has 2 N–H and O–H groups in total. The van der Waals surface area contributed by atoms with E-state index in [0.717, 1.165) is 5.69 Å². The fourth-order valence-corrected chi connectivity index (χ4v) is 3.41. The molecule has 0 aliphatic carbocycles. The van der Waals surface area contributed by atoms with Gasteiger partial charge in [0, 0.05) is 63.9 Å². The molecule has 1 aliphatic heterocycles. The van der Waals surface area contributed by atoms with Gasteiger partial charge >= 0.3 is 6.03 Å². The number of benzene rings is 1. The van der Waals surface area contributed by atoms with Crippen molar-refractivity contribution in [2.75, 3.05) is 42.9 Å². The van der Waals surface area contributed by atoms with Crippen LogP contribution in [-0.2, 0) is 4.79 Å². The van der Waals surface area contributed by atoms with Gasteiger partial charge in [-0.15, -0.1) is 0 Å². The molecule has 2 aromatic heterocycles. The zero-order valence-corrected chi connectivity index (χ0v) is 17.0. The van der Waals surface area contributed by atoms with E-state index in [4.69, 9.17) is 0 Å². The van der Waals surface area contributed by atoms with Gasteiger partial charge in [0.25, 0.3) is 0 Å². The van der Waals surface area contributed by atoms with Crippen LogP contribution < -0.4 is 15.5 Å². The number of urea groups is 1. The molecule has 0 bridgehead atoms. The minimum absolute atomic E-state index is 0.0193. The van der Waals surface area contributed by atoms with Crippen molar-refractivity contribution in [1.29, 1.82) is 0 Å². The first-order valence-corrected chi connectivity index (χ1v) is 10.1. The van der Waals surface area contributed by atoms with Gasteiger partial charge in [-0.3, -0.25) is 4.79 Å². The highest BCUT2D eigenvalue weighted by Crippen LogP contribution is 2.18. The van der Waals surface area contributed by atoms with E-state index in [0.29, 0.717) is 37.8 Å². The van der Waals surface area contributed by atoms with Gasteiger partial charge < -0.3 is 20.4 Å². The third-order valence-corrected chi connectivity index (χ3v) is 5.00. The van der Waals surface area contributed by atoms with Gasteiger partial charge in [-0.2, -0.15) is 5.10 Å². The quantitative estimate of drug-likeness (QED) is 0.626. The Bertz CT molecular complexity index is 1000. The molecule has 1 fully saturated rings. The Balaban J connectivity index is 1.21. The Kier molecular flexibility index (Phi) is 6.36. The minimum Gasteiger partial charge on any atom is -0.339 e. The summed E-state index contributed by atoms with van der Waals surface area (Å²) in [4.78, 5) is 37.2. The molecule has 10 nitrogen and oxygen atoms in total. The number of nitrogens with one attached hydrogen (secondary N) is 2. The molecule has 4 rings (SSSR count). The number of carbonyl (C=O) groups is 2. The van der Waals surface area contributed by atoms with Gasteiger partial charge in [0.2, 0.25) is 11.9 Å². The standard InChI is InChI=1S/C21H24N8O2/c30-19(27-13-15-28(16-14-27)20-22-8-3-9-23-20)7-11-24-21(31)26-17-5-1-2-6-18(17)29-12-4-10-25-29/h1-6,8-10,12H,7,11,13-16H2,(H2,24,26,31). The summed E-state index contributed by atoms with van der Waals surface area (Å²) in [5.74, 6) is 0.703. The molecule has 31 heavy (non-hydrogen) atoms. The van der Waals surface area contributed by atoms with Gasteiger partial charge in [0.1, 0.15) is 0 Å². The Hall–Kier alpha value is -3.95. The number of hydrogen-bond donors (Lipinski definition) is 2. The van der Waals surface area contributed by atoms with Crippen LogP contribution in [-0.4, -0.2) is 69.3 Å². The molecule has 3 amide bonds. The fraction of sp³-hybridized carbons (Fsp3) is 0.286. The van der Waals surface area contributed by atoms with Gasteiger partial charge in [-0.05, 0) is 24.3 Å². The maximum atomic E-state index is 12.5. The van der Waals surface area contributed by atoms with Crippen LogP contribution >= 0.6 is 0 Å². The number of aromatic nitrogens is 4. The average Bonchev–Trinajstić information content (AvgIpc) is 3.35. The number of para-hydroxylation sites is 2. The summed E-state index contributed by atoms with van der Waals surface area (Å²) >= 11 is 0. The van der Waals surface area contributed by atoms with E-state index >= 15 is 0 Å². The SMILES string of the molecule is O=C(NCCC(=O)N1CCN(c2ncccn2)CC1)Nc1ccccc1-n1cccn1. The van der Waals surface area contributed by atoms with E-state index in [-0.39, 0.29) is 24.9 Å². The molecule has 0 radical (unpaired) electrons. The van der Waals surface area contributed by atoms with Crippen LogP contribution in [0.5, 0.6) is 0 Å². The van der Waals surface area contributed by atoms with Crippen molar-refractivity contribution in [3.8, 4) is 5.69 Å². The van der Waals surface area contributed by atoms with Gasteiger partial charge in [-0.1, -0.05) is 12.1 Å². The van der Waals surface area contributed by atoms with Crippen molar-refractivity contribution in [1.82, 2.24) is 30.0 Å². The molecule has 3 heterocycles. The lowest BCUT2D eigenvalue weighted by Crippen LogP contribution is -2.49. The van der Waals surface area contributed by atoms with Crippen LogP contribution in [0.25, 0.3) is 5.69 Å². The minimum atomic E-state index is -0.363. The van der Waals surface area contributed by atoms with Crippen molar-refractivity contribution in [2.45, 2.75) is 6.42 Å². The van der Waals surface area contributed by atoms with E-state index in [1.165, 1.54) is 0 Å². The molecular formula is C21H24N8O2. The number of hydrogen-bond acceptors (Lipinski definition) is 6. The van der Waals surface area contributed by atoms with Crippen LogP contribution in [0.1, 0.15) is 6.42 Å². The second-order valence-electron chi connectivity index (χ2n) is 7.02. The van der Waals surface area contributed by atoms with E-state index in [9.17, 15) is 9.59 Å². The summed E-state index contributed by atoms with van der Waals surface area (Å²) in [6, 6.07) is 10.6. The lowest BCUT2D eigenvalue weighted by Gasteiger charge is -2.34. The number of anilines is 2. The van der Waals surface area contributed by atoms with E-state index in [1.807, 2.05) is 29.2 Å². The zero-order chi connectivity index (χ0) is 21.5. The maximum absolute atomic E-state index is 12.5. The molecule has 1 aromatic carbocycles. The Morgan fingerprint density at radius 3 is 2.45 bits per heavy atom. The largest absolute Gasteiger partial charge is 0.339 e. The molecule has 3 aromatic rings. The van der Waals surface area contributed by atoms with Crippen LogP contribution in [0.4, 0.5) is 16.4 Å². The van der Waals surface area contributed by atoms with Crippen LogP contribution in [0, 0.1) is 0 Å². The first-order chi connectivity index (χ1) is 15.2. The second-order valence-corrected chi connectivity index (χ2v) is 7.02. The number of rotatable bonds is 6. The molecule has 10 heteroatoms. The molecular weight excluding hydrogens is 396 g/mol. The molecule has 1 saturated heterocycles. The summed E-state index contributed by atoms with van der Waals surface area (Å²) in [5, 5.41) is 9.77. The van der Waals surface area contributed by atoms with Gasteiger partial charge in [0.05, 0.1) is 11.4 Å². The molecule has 0 saturated carbocycles. The summed E-state index contributed by atoms with van der Waals surface area (Å²) in [5.41, 5.74) is 1.40. The number of nitrogens with zero attached hydrogens (tertiary/aromatic N) is 6. The fourth-order valence-electron chi connectivity index (χ4n) is 3.41. The zero-order valence-electron chi connectivity index (χ0n) is 17.0. The number of piperazine rings is 1. The Morgan fingerprint density at radius 2 is 1.71 bits per heavy atom. The highest BCUT2D eigenvalue weighted by molar-refractivity contribution is 5.91. The van der Waals surface area contributed by atoms with Crippen molar-refractivity contribution in [2.24, 2.45) is 0 Å². The smallest absolute Gasteiger partial charge is 0.319 e. The van der Waals surface area contributed by atoms with E-state index in [2.05, 4.69) is 30.6 Å². The molecule has 1 aliphatic rings. The Morgan fingerprint density at radius 1 is 0.935 bits per heavy atom. The van der Waals surface area contributed by atoms with Crippen LogP contribution in [0.15, 0.2) is 61.2 Å². The van der Waals surface area contributed by atoms with Gasteiger partial charge in [-0.25, -0.2) is 19.4 Å². The van der Waals surface area contributed by atoms with Crippen molar-refractivity contribution < 1.29 is 9.59 Å². The van der Waals surface area contributed by atoms with Crippen molar-refractivity contribution in [3.63, 3.8) is 0 Å². The predicted molar refractivity (Wildman–Crippen MR) is 116 cm³/mol. The summed E-state index contributed by atoms with van der Waals surface area (Å²) < 4.78 is 1.68. The lowest BCUT2D eigenvalue weighted by molar-refractivity contribution is -0.131. The highest BCUT2D eigenvalue weighted by Gasteiger charge is 2.22. The monoisotopic (exact) mass is 420 g/mol. The van der Waals surface area contributed by atoms with Crippen LogP contribution in [0.2, 0.25) is 0 Å². The Labute approximate surface area is 179 Å². The summed E-state index contributed by atoms with van der Waals surface area (Å²) in [6.07, 6.45) is 7.15. The number of amides is 3. The first-order valence-electron chi connectivity index (χ1n) is 10.1. The predicted octanol–water partition coefficient (Wildman–Crippen LogP) is 1.52. The van der Waals surface area contributed by atoms with Crippen molar-refractivity contribution >= 4 is 23.6 Å². The molecule has 0 unspecified atom stereocenters. The molecule has 0 atom stereocenters. The highest BCUT2D eigenvalue weighted by atomic mass is 16.2. The maximum Gasteiger partial charge on any atom is 0.319 e. The molecule has 0 spiro atoms. The van der Waals surface area contributed by atoms with Gasteiger partial charge in [0.15, 0.2) is 0 Å². The topological polar surface area (TPSA) is 108 Å². The first kappa shape index (κ1) is 20.3. The molecule has 160 valence electrons. The van der Waals surface area contributed by atoms with E-state index in [1.54, 1.807) is 41.6 Å². The third kappa shape index (κ3) is 5.16. The summed E-state index contributed by atoms with van der Waals surface area (Å²) in [7, 11) is 0. The lowest BCUT2D eigenvalue weighted by atomic mass is 10.2. The van der Waals surface area contributed by atoms with E-state index < -0.39 is 0 Å². The average molecular weight is 420 g/mol. The normalized spacial score (nSPS) is 13.7. The number of carbonyl (C=O) groups excluding carboxylic acids is 2. The van der Waals surface area contributed by atoms with Crippen LogP contribution in [0.3, 0.4) is 0 Å². The summed E-state index contributed by atoms with van der Waals surface area (Å²) in [6.45, 7) is 2.86.